The summed E-state index contributed by atoms with van der Waals surface area (Å²) in [5.41, 5.74) is 2.23. The van der Waals surface area contributed by atoms with Crippen LogP contribution in [0.1, 0.15) is 35.5 Å². The lowest BCUT2D eigenvalue weighted by atomic mass is 9.80. The number of ketones is 1. The Morgan fingerprint density at radius 3 is 2.38 bits per heavy atom. The minimum Gasteiger partial charge on any atom is -0.453 e. The zero-order valence-corrected chi connectivity index (χ0v) is 12.5. The number of fused-ring (bicyclic) bond motifs is 1. The summed E-state index contributed by atoms with van der Waals surface area (Å²) in [6.07, 6.45) is 0. The molecule has 2 nitrogen and oxygen atoms in total. The molecule has 3 rings (SSSR count). The summed E-state index contributed by atoms with van der Waals surface area (Å²) in [5, 5.41) is 0.974. The van der Waals surface area contributed by atoms with Crippen molar-refractivity contribution in [2.45, 2.75) is 26.2 Å². The zero-order chi connectivity index (χ0) is 15.0. The van der Waals surface area contributed by atoms with Crippen molar-refractivity contribution in [2.75, 3.05) is 0 Å². The molecule has 0 spiro atoms. The number of hydrogen-bond acceptors (Lipinski definition) is 2. The Labute approximate surface area is 124 Å². The molecule has 1 aromatic heterocycles. The predicted octanol–water partition coefficient (Wildman–Crippen LogP) is 4.90. The highest BCUT2D eigenvalue weighted by molar-refractivity contribution is 6.04. The number of carbonyl (C=O) groups excluding carboxylic acids is 1. The molecule has 0 aliphatic carbocycles. The molecule has 1 heterocycles. The highest BCUT2D eigenvalue weighted by atomic mass is 16.3. The van der Waals surface area contributed by atoms with Gasteiger partial charge in [0.05, 0.1) is 5.41 Å². The van der Waals surface area contributed by atoms with E-state index in [2.05, 4.69) is 0 Å². The molecule has 0 fully saturated rings. The summed E-state index contributed by atoms with van der Waals surface area (Å²) in [5.74, 6) is 0.428. The Bertz CT molecular complexity index is 795. The maximum atomic E-state index is 12.9. The first-order valence-corrected chi connectivity index (χ1v) is 7.09. The monoisotopic (exact) mass is 278 g/mol. The lowest BCUT2D eigenvalue weighted by molar-refractivity contribution is 0.0882. The van der Waals surface area contributed by atoms with Gasteiger partial charge in [-0.3, -0.25) is 4.79 Å². The number of furan rings is 1. The van der Waals surface area contributed by atoms with Gasteiger partial charge in [0.2, 0.25) is 5.78 Å². The first kappa shape index (κ1) is 13.6. The van der Waals surface area contributed by atoms with Gasteiger partial charge in [-0.05, 0) is 38.0 Å². The van der Waals surface area contributed by atoms with E-state index in [1.807, 2.05) is 75.4 Å². The van der Waals surface area contributed by atoms with E-state index in [9.17, 15) is 4.79 Å². The van der Waals surface area contributed by atoms with Crippen LogP contribution in [0.2, 0.25) is 0 Å². The van der Waals surface area contributed by atoms with E-state index >= 15 is 0 Å². The van der Waals surface area contributed by atoms with Crippen LogP contribution in [0.15, 0.2) is 59.0 Å². The molecule has 0 saturated carbocycles. The van der Waals surface area contributed by atoms with E-state index < -0.39 is 5.41 Å². The van der Waals surface area contributed by atoms with Crippen LogP contribution in [0.25, 0.3) is 11.0 Å². The molecule has 0 atom stereocenters. The fraction of sp³-hybridized carbons (Fsp3) is 0.211. The summed E-state index contributed by atoms with van der Waals surface area (Å²) < 4.78 is 5.82. The maximum Gasteiger partial charge on any atom is 0.207 e. The van der Waals surface area contributed by atoms with Crippen LogP contribution >= 0.6 is 0 Å². The van der Waals surface area contributed by atoms with Gasteiger partial charge in [-0.2, -0.15) is 0 Å². The summed E-state index contributed by atoms with van der Waals surface area (Å²) >= 11 is 0. The van der Waals surface area contributed by atoms with Gasteiger partial charge in [0.15, 0.2) is 5.76 Å². The zero-order valence-electron chi connectivity index (χ0n) is 12.5. The Morgan fingerprint density at radius 2 is 1.71 bits per heavy atom. The third-order valence-corrected chi connectivity index (χ3v) is 4.03. The normalized spacial score (nSPS) is 11.8. The van der Waals surface area contributed by atoms with Gasteiger partial charge in [-0.25, -0.2) is 0 Å². The molecule has 2 heteroatoms. The van der Waals surface area contributed by atoms with Crippen LogP contribution < -0.4 is 0 Å². The van der Waals surface area contributed by atoms with Crippen molar-refractivity contribution in [3.63, 3.8) is 0 Å². The molecule has 0 aliphatic rings. The van der Waals surface area contributed by atoms with Gasteiger partial charge in [0.1, 0.15) is 5.58 Å². The third-order valence-electron chi connectivity index (χ3n) is 4.03. The molecule has 0 N–H and O–H groups in total. The van der Waals surface area contributed by atoms with Gasteiger partial charge in [0.25, 0.3) is 0 Å². The minimum atomic E-state index is -0.608. The van der Waals surface area contributed by atoms with Crippen molar-refractivity contribution < 1.29 is 9.21 Å². The number of carbonyl (C=O) groups is 1. The summed E-state index contributed by atoms with van der Waals surface area (Å²) in [6.45, 7) is 5.86. The lowest BCUT2D eigenvalue weighted by Crippen LogP contribution is -2.28. The number of hydrogen-bond donors (Lipinski definition) is 0. The molecular formula is C19H18O2. The molecule has 106 valence electrons. The molecule has 21 heavy (non-hydrogen) atoms. The second-order valence-electron chi connectivity index (χ2n) is 5.92. The fourth-order valence-electron chi connectivity index (χ4n) is 2.61. The van der Waals surface area contributed by atoms with Gasteiger partial charge in [-0.15, -0.1) is 0 Å². The molecule has 0 aliphatic heterocycles. The Hall–Kier alpha value is -2.35. The van der Waals surface area contributed by atoms with E-state index in [4.69, 9.17) is 4.42 Å². The summed E-state index contributed by atoms with van der Waals surface area (Å²) in [7, 11) is 0. The Balaban J connectivity index is 2.06. The number of para-hydroxylation sites is 1. The average molecular weight is 278 g/mol. The van der Waals surface area contributed by atoms with Crippen LogP contribution in [0.5, 0.6) is 0 Å². The predicted molar refractivity (Wildman–Crippen MR) is 84.7 cm³/mol. The van der Waals surface area contributed by atoms with Crippen molar-refractivity contribution in [1.29, 1.82) is 0 Å². The summed E-state index contributed by atoms with van der Waals surface area (Å²) in [4.78, 5) is 12.9. The molecule has 2 aromatic carbocycles. The fourth-order valence-corrected chi connectivity index (χ4v) is 2.61. The van der Waals surface area contributed by atoms with E-state index in [0.717, 1.165) is 22.1 Å². The highest BCUT2D eigenvalue weighted by Crippen LogP contribution is 2.31. The van der Waals surface area contributed by atoms with E-state index in [-0.39, 0.29) is 5.78 Å². The van der Waals surface area contributed by atoms with Gasteiger partial charge >= 0.3 is 0 Å². The minimum absolute atomic E-state index is 0.00398. The van der Waals surface area contributed by atoms with E-state index in [1.54, 1.807) is 0 Å². The second kappa shape index (κ2) is 4.88. The third kappa shape index (κ3) is 2.27. The molecular weight excluding hydrogens is 260 g/mol. The SMILES string of the molecule is Cc1cccc2cc(C(=O)C(C)(C)c3ccccc3)oc12. The maximum absolute atomic E-state index is 12.9. The van der Waals surface area contributed by atoms with Crippen molar-refractivity contribution in [3.8, 4) is 0 Å². The Kier molecular flexibility index (Phi) is 3.17. The van der Waals surface area contributed by atoms with Crippen molar-refractivity contribution in [2.24, 2.45) is 0 Å². The van der Waals surface area contributed by atoms with Crippen LogP contribution in [-0.2, 0) is 5.41 Å². The van der Waals surface area contributed by atoms with Gasteiger partial charge < -0.3 is 4.42 Å². The van der Waals surface area contributed by atoms with Crippen LogP contribution in [0.4, 0.5) is 0 Å². The topological polar surface area (TPSA) is 30.2 Å². The Morgan fingerprint density at radius 1 is 1.00 bits per heavy atom. The van der Waals surface area contributed by atoms with E-state index in [1.165, 1.54) is 0 Å². The van der Waals surface area contributed by atoms with Crippen molar-refractivity contribution in [3.05, 3.63) is 71.5 Å². The molecule has 0 saturated heterocycles. The number of aryl methyl sites for hydroxylation is 1. The number of Topliss-reactive ketones (excluding diaryl/α,β-unsaturated/α-hetero) is 1. The molecule has 3 aromatic rings. The number of benzene rings is 2. The quantitative estimate of drug-likeness (QED) is 0.638. The largest absolute Gasteiger partial charge is 0.453 e. The first-order valence-electron chi connectivity index (χ1n) is 7.09. The number of rotatable bonds is 3. The second-order valence-corrected chi connectivity index (χ2v) is 5.92. The van der Waals surface area contributed by atoms with Crippen LogP contribution in [-0.4, -0.2) is 5.78 Å². The standard InChI is InChI=1S/C19H18O2/c1-13-8-7-9-14-12-16(21-17(13)14)18(20)19(2,3)15-10-5-4-6-11-15/h4-12H,1-3H3. The molecule has 0 amide bonds. The smallest absolute Gasteiger partial charge is 0.207 e. The van der Waals surface area contributed by atoms with Crippen molar-refractivity contribution >= 4 is 16.8 Å². The first-order chi connectivity index (χ1) is 10.00. The summed E-state index contributed by atoms with van der Waals surface area (Å²) in [6, 6.07) is 17.6. The van der Waals surface area contributed by atoms with Gasteiger partial charge in [0, 0.05) is 5.39 Å². The molecule has 0 bridgehead atoms. The lowest BCUT2D eigenvalue weighted by Gasteiger charge is -2.22. The van der Waals surface area contributed by atoms with Crippen molar-refractivity contribution in [1.82, 2.24) is 0 Å². The van der Waals surface area contributed by atoms with Crippen LogP contribution in [0.3, 0.4) is 0 Å². The average Bonchev–Trinajstić information content (AvgIpc) is 2.93. The molecule has 0 unspecified atom stereocenters. The molecule has 0 radical (unpaired) electrons. The van der Waals surface area contributed by atoms with E-state index in [0.29, 0.717) is 5.76 Å². The van der Waals surface area contributed by atoms with Crippen LogP contribution in [0, 0.1) is 6.92 Å². The highest BCUT2D eigenvalue weighted by Gasteiger charge is 2.32. The van der Waals surface area contributed by atoms with Gasteiger partial charge in [-0.1, -0.05) is 48.5 Å².